The average Bonchev–Trinajstić information content (AvgIpc) is 2.29. The molecule has 2 heterocycles. The summed E-state index contributed by atoms with van der Waals surface area (Å²) in [5, 5.41) is 0. The van der Waals surface area contributed by atoms with Crippen molar-refractivity contribution in [3.63, 3.8) is 0 Å². The second kappa shape index (κ2) is 4.62. The van der Waals surface area contributed by atoms with Crippen molar-refractivity contribution in [3.8, 4) is 0 Å². The van der Waals surface area contributed by atoms with E-state index in [2.05, 4.69) is 22.9 Å². The van der Waals surface area contributed by atoms with Gasteiger partial charge in [-0.05, 0) is 37.5 Å². The normalized spacial score (nSPS) is 18.1. The Morgan fingerprint density at radius 2 is 2.13 bits per heavy atom. The van der Waals surface area contributed by atoms with Crippen molar-refractivity contribution in [3.05, 3.63) is 23.9 Å². The zero-order valence-corrected chi connectivity index (χ0v) is 9.44. The third kappa shape index (κ3) is 2.48. The highest BCUT2D eigenvalue weighted by molar-refractivity contribution is 5.40. The summed E-state index contributed by atoms with van der Waals surface area (Å²) in [6.07, 6.45) is 4.52. The van der Waals surface area contributed by atoms with Crippen molar-refractivity contribution in [2.45, 2.75) is 25.9 Å². The first-order chi connectivity index (χ1) is 7.29. The molecule has 0 radical (unpaired) electrons. The molecule has 1 aromatic rings. The topological polar surface area (TPSA) is 25.4 Å². The van der Waals surface area contributed by atoms with Gasteiger partial charge in [-0.25, -0.2) is 4.98 Å². The van der Waals surface area contributed by atoms with Gasteiger partial charge in [0.05, 0.1) is 6.10 Å². The molecule has 2 rings (SSSR count). The SMILES string of the molecule is COC1CCN(c2cc(C)ccn2)CC1. The highest BCUT2D eigenvalue weighted by Crippen LogP contribution is 2.19. The van der Waals surface area contributed by atoms with Crippen molar-refractivity contribution in [2.24, 2.45) is 0 Å². The lowest BCUT2D eigenvalue weighted by molar-refractivity contribution is 0.0818. The molecule has 1 aromatic heterocycles. The van der Waals surface area contributed by atoms with Crippen LogP contribution in [-0.2, 0) is 4.74 Å². The van der Waals surface area contributed by atoms with Gasteiger partial charge in [0.2, 0.25) is 0 Å². The Kier molecular flexibility index (Phi) is 3.21. The van der Waals surface area contributed by atoms with Gasteiger partial charge in [0, 0.05) is 26.4 Å². The van der Waals surface area contributed by atoms with Gasteiger partial charge in [-0.3, -0.25) is 0 Å². The van der Waals surface area contributed by atoms with Gasteiger partial charge in [-0.2, -0.15) is 0 Å². The molecule has 1 fully saturated rings. The molecule has 1 aliphatic rings. The number of aromatic nitrogens is 1. The molecule has 0 aliphatic carbocycles. The van der Waals surface area contributed by atoms with Crippen molar-refractivity contribution >= 4 is 5.82 Å². The van der Waals surface area contributed by atoms with Crippen LogP contribution in [0.1, 0.15) is 18.4 Å². The molecule has 0 spiro atoms. The number of hydrogen-bond donors (Lipinski definition) is 0. The summed E-state index contributed by atoms with van der Waals surface area (Å²) in [5.41, 5.74) is 1.27. The molecule has 15 heavy (non-hydrogen) atoms. The molecule has 0 bridgehead atoms. The first-order valence-corrected chi connectivity index (χ1v) is 5.50. The Labute approximate surface area is 91.1 Å². The Bertz CT molecular complexity index is 319. The van der Waals surface area contributed by atoms with Crippen LogP contribution in [0.2, 0.25) is 0 Å². The van der Waals surface area contributed by atoms with E-state index in [4.69, 9.17) is 4.74 Å². The molecular formula is C12H18N2O. The van der Waals surface area contributed by atoms with Crippen molar-refractivity contribution < 1.29 is 4.74 Å². The van der Waals surface area contributed by atoms with Crippen LogP contribution in [0.15, 0.2) is 18.3 Å². The van der Waals surface area contributed by atoms with Crippen LogP contribution in [0.5, 0.6) is 0 Å². The molecule has 1 saturated heterocycles. The Balaban J connectivity index is 2.01. The predicted octanol–water partition coefficient (Wildman–Crippen LogP) is 2.01. The van der Waals surface area contributed by atoms with Gasteiger partial charge in [-0.1, -0.05) is 0 Å². The molecule has 0 aromatic carbocycles. The van der Waals surface area contributed by atoms with Gasteiger partial charge in [0.15, 0.2) is 0 Å². The minimum atomic E-state index is 0.436. The van der Waals surface area contributed by atoms with E-state index in [-0.39, 0.29) is 0 Å². The van der Waals surface area contributed by atoms with Crippen LogP contribution in [0, 0.1) is 6.92 Å². The molecule has 0 saturated carbocycles. The fourth-order valence-electron chi connectivity index (χ4n) is 2.01. The largest absolute Gasteiger partial charge is 0.381 e. The Hall–Kier alpha value is -1.09. The van der Waals surface area contributed by atoms with E-state index in [9.17, 15) is 0 Å². The third-order valence-corrected chi connectivity index (χ3v) is 3.00. The van der Waals surface area contributed by atoms with E-state index in [1.54, 1.807) is 7.11 Å². The number of piperidine rings is 1. The van der Waals surface area contributed by atoms with Crippen LogP contribution >= 0.6 is 0 Å². The smallest absolute Gasteiger partial charge is 0.128 e. The summed E-state index contributed by atoms with van der Waals surface area (Å²) in [6.45, 7) is 4.21. The molecule has 82 valence electrons. The van der Waals surface area contributed by atoms with E-state index >= 15 is 0 Å². The molecular weight excluding hydrogens is 188 g/mol. The maximum Gasteiger partial charge on any atom is 0.128 e. The highest BCUT2D eigenvalue weighted by atomic mass is 16.5. The van der Waals surface area contributed by atoms with Gasteiger partial charge in [0.25, 0.3) is 0 Å². The number of aryl methyl sites for hydroxylation is 1. The molecule has 3 nitrogen and oxygen atoms in total. The predicted molar refractivity (Wildman–Crippen MR) is 61.2 cm³/mol. The molecule has 0 N–H and O–H groups in total. The van der Waals surface area contributed by atoms with Crippen molar-refractivity contribution in [1.29, 1.82) is 0 Å². The van der Waals surface area contributed by atoms with Crippen LogP contribution in [0.4, 0.5) is 5.82 Å². The number of methoxy groups -OCH3 is 1. The molecule has 0 unspecified atom stereocenters. The van der Waals surface area contributed by atoms with Gasteiger partial charge in [0.1, 0.15) is 5.82 Å². The monoisotopic (exact) mass is 206 g/mol. The maximum absolute atomic E-state index is 5.35. The van der Waals surface area contributed by atoms with E-state index < -0.39 is 0 Å². The standard InChI is InChI=1S/C12H18N2O/c1-10-3-6-13-12(9-10)14-7-4-11(15-2)5-8-14/h3,6,9,11H,4-5,7-8H2,1-2H3. The minimum absolute atomic E-state index is 0.436. The van der Waals surface area contributed by atoms with E-state index in [1.807, 2.05) is 12.3 Å². The summed E-state index contributed by atoms with van der Waals surface area (Å²) in [7, 11) is 1.80. The number of ether oxygens (including phenoxy) is 1. The van der Waals surface area contributed by atoms with Crippen molar-refractivity contribution in [1.82, 2.24) is 4.98 Å². The summed E-state index contributed by atoms with van der Waals surface area (Å²) in [4.78, 5) is 6.74. The summed E-state index contributed by atoms with van der Waals surface area (Å²) in [5.74, 6) is 1.10. The first kappa shape index (κ1) is 10.4. The Morgan fingerprint density at radius 3 is 2.73 bits per heavy atom. The summed E-state index contributed by atoms with van der Waals surface area (Å²) in [6, 6.07) is 4.18. The highest BCUT2D eigenvalue weighted by Gasteiger charge is 2.19. The molecule has 3 heteroatoms. The number of hydrogen-bond acceptors (Lipinski definition) is 3. The van der Waals surface area contributed by atoms with Crippen LogP contribution < -0.4 is 4.90 Å². The average molecular weight is 206 g/mol. The first-order valence-electron chi connectivity index (χ1n) is 5.50. The minimum Gasteiger partial charge on any atom is -0.381 e. The quantitative estimate of drug-likeness (QED) is 0.740. The fraction of sp³-hybridized carbons (Fsp3) is 0.583. The van der Waals surface area contributed by atoms with Crippen LogP contribution in [0.3, 0.4) is 0 Å². The third-order valence-electron chi connectivity index (χ3n) is 3.00. The van der Waals surface area contributed by atoms with E-state index in [0.29, 0.717) is 6.10 Å². The fourth-order valence-corrected chi connectivity index (χ4v) is 2.01. The second-order valence-electron chi connectivity index (χ2n) is 4.11. The zero-order valence-electron chi connectivity index (χ0n) is 9.44. The number of pyridine rings is 1. The van der Waals surface area contributed by atoms with E-state index in [0.717, 1.165) is 31.7 Å². The molecule has 0 amide bonds. The Morgan fingerprint density at radius 1 is 1.40 bits per heavy atom. The van der Waals surface area contributed by atoms with Crippen LogP contribution in [0.25, 0.3) is 0 Å². The van der Waals surface area contributed by atoms with Gasteiger partial charge < -0.3 is 9.64 Å². The van der Waals surface area contributed by atoms with Crippen LogP contribution in [-0.4, -0.2) is 31.3 Å². The molecule has 0 atom stereocenters. The zero-order chi connectivity index (χ0) is 10.7. The van der Waals surface area contributed by atoms with E-state index in [1.165, 1.54) is 5.56 Å². The lowest BCUT2D eigenvalue weighted by Gasteiger charge is -2.32. The second-order valence-corrected chi connectivity index (χ2v) is 4.11. The maximum atomic E-state index is 5.35. The van der Waals surface area contributed by atoms with Gasteiger partial charge in [-0.15, -0.1) is 0 Å². The lowest BCUT2D eigenvalue weighted by Crippen LogP contribution is -2.37. The van der Waals surface area contributed by atoms with Crippen molar-refractivity contribution in [2.75, 3.05) is 25.1 Å². The van der Waals surface area contributed by atoms with Gasteiger partial charge >= 0.3 is 0 Å². The summed E-state index contributed by atoms with van der Waals surface area (Å²) >= 11 is 0. The molecule has 1 aliphatic heterocycles. The lowest BCUT2D eigenvalue weighted by atomic mass is 10.1. The number of rotatable bonds is 2. The number of nitrogens with zero attached hydrogens (tertiary/aromatic N) is 2. The summed E-state index contributed by atoms with van der Waals surface area (Å²) < 4.78 is 5.35. The number of anilines is 1.